The SMILES string of the molecule is O=C(O)c1ccc(Cl)c(NC(=O)c2ccc(I)c(Cl)c2)c1. The van der Waals surface area contributed by atoms with Gasteiger partial charge in [-0.3, -0.25) is 4.79 Å². The van der Waals surface area contributed by atoms with Crippen molar-refractivity contribution in [2.45, 2.75) is 0 Å². The number of carbonyl (C=O) groups is 2. The van der Waals surface area contributed by atoms with E-state index in [1.165, 1.54) is 24.3 Å². The molecule has 1 amide bonds. The summed E-state index contributed by atoms with van der Waals surface area (Å²) in [4.78, 5) is 23.1. The van der Waals surface area contributed by atoms with Gasteiger partial charge in [0.05, 0.1) is 21.3 Å². The first-order valence-electron chi connectivity index (χ1n) is 5.67. The largest absolute Gasteiger partial charge is 0.478 e. The number of hydrogen-bond acceptors (Lipinski definition) is 2. The molecule has 4 nitrogen and oxygen atoms in total. The lowest BCUT2D eigenvalue weighted by molar-refractivity contribution is 0.0696. The maximum Gasteiger partial charge on any atom is 0.335 e. The molecule has 0 aliphatic heterocycles. The van der Waals surface area contributed by atoms with Crippen LogP contribution in [0.5, 0.6) is 0 Å². The third-order valence-corrected chi connectivity index (χ3v) is 4.55. The van der Waals surface area contributed by atoms with Crippen LogP contribution in [-0.4, -0.2) is 17.0 Å². The Morgan fingerprint density at radius 3 is 2.29 bits per heavy atom. The number of benzene rings is 2. The van der Waals surface area contributed by atoms with Gasteiger partial charge in [0.1, 0.15) is 0 Å². The topological polar surface area (TPSA) is 66.4 Å². The number of aromatic carboxylic acids is 1. The summed E-state index contributed by atoms with van der Waals surface area (Å²) < 4.78 is 0.830. The van der Waals surface area contributed by atoms with Crippen LogP contribution in [0, 0.1) is 3.57 Å². The molecule has 2 aromatic carbocycles. The molecule has 0 atom stereocenters. The van der Waals surface area contributed by atoms with Crippen LogP contribution < -0.4 is 5.32 Å². The van der Waals surface area contributed by atoms with E-state index in [1.54, 1.807) is 12.1 Å². The zero-order valence-electron chi connectivity index (χ0n) is 10.4. The van der Waals surface area contributed by atoms with Gasteiger partial charge in [-0.05, 0) is 59.0 Å². The number of hydrogen-bond donors (Lipinski definition) is 2. The fourth-order valence-electron chi connectivity index (χ4n) is 1.59. The van der Waals surface area contributed by atoms with Crippen LogP contribution in [0.4, 0.5) is 5.69 Å². The van der Waals surface area contributed by atoms with Crippen LogP contribution in [0.3, 0.4) is 0 Å². The van der Waals surface area contributed by atoms with Crippen LogP contribution in [0.25, 0.3) is 0 Å². The Balaban J connectivity index is 2.28. The number of amides is 1. The first kappa shape index (κ1) is 16.1. The zero-order valence-corrected chi connectivity index (χ0v) is 14.0. The van der Waals surface area contributed by atoms with E-state index < -0.39 is 11.9 Å². The molecule has 21 heavy (non-hydrogen) atoms. The van der Waals surface area contributed by atoms with Gasteiger partial charge in [0.25, 0.3) is 5.91 Å². The molecular weight excluding hydrogens is 428 g/mol. The predicted molar refractivity (Wildman–Crippen MR) is 90.5 cm³/mol. The maximum absolute atomic E-state index is 12.1. The highest BCUT2D eigenvalue weighted by Gasteiger charge is 2.12. The average Bonchev–Trinajstić information content (AvgIpc) is 2.43. The molecule has 108 valence electrons. The van der Waals surface area contributed by atoms with Gasteiger partial charge >= 0.3 is 5.97 Å². The van der Waals surface area contributed by atoms with Crippen LogP contribution >= 0.6 is 45.8 Å². The average molecular weight is 436 g/mol. The first-order chi connectivity index (χ1) is 9.88. The standard InChI is InChI=1S/C14H8Cl2INO3/c15-9-3-1-8(14(20)21)6-12(9)18-13(19)7-2-4-11(17)10(16)5-7/h1-6H,(H,18,19)(H,20,21). The van der Waals surface area contributed by atoms with Gasteiger partial charge in [-0.1, -0.05) is 23.2 Å². The number of carbonyl (C=O) groups excluding carboxylic acids is 1. The van der Waals surface area contributed by atoms with Crippen LogP contribution in [-0.2, 0) is 0 Å². The number of anilines is 1. The van der Waals surface area contributed by atoms with E-state index in [9.17, 15) is 9.59 Å². The third kappa shape index (κ3) is 3.87. The summed E-state index contributed by atoms with van der Waals surface area (Å²) in [6, 6.07) is 8.96. The summed E-state index contributed by atoms with van der Waals surface area (Å²) in [5.41, 5.74) is 0.629. The second kappa shape index (κ2) is 6.64. The molecule has 2 rings (SSSR count). The molecule has 2 N–H and O–H groups in total. The highest BCUT2D eigenvalue weighted by Crippen LogP contribution is 2.25. The third-order valence-electron chi connectivity index (χ3n) is 2.64. The Bertz CT molecular complexity index is 734. The van der Waals surface area contributed by atoms with Crippen molar-refractivity contribution in [2.24, 2.45) is 0 Å². The van der Waals surface area contributed by atoms with Crippen molar-refractivity contribution in [3.8, 4) is 0 Å². The van der Waals surface area contributed by atoms with Crippen LogP contribution in [0.15, 0.2) is 36.4 Å². The maximum atomic E-state index is 12.1. The quantitative estimate of drug-likeness (QED) is 0.695. The summed E-state index contributed by atoms with van der Waals surface area (Å²) in [7, 11) is 0. The molecule has 0 fully saturated rings. The second-order valence-corrected chi connectivity index (χ2v) is 6.06. The van der Waals surface area contributed by atoms with Crippen molar-refractivity contribution in [3.63, 3.8) is 0 Å². The van der Waals surface area contributed by atoms with E-state index in [2.05, 4.69) is 27.9 Å². The van der Waals surface area contributed by atoms with E-state index in [1.807, 2.05) is 0 Å². The Hall–Kier alpha value is -1.31. The smallest absolute Gasteiger partial charge is 0.335 e. The first-order valence-corrected chi connectivity index (χ1v) is 7.51. The van der Waals surface area contributed by atoms with Crippen molar-refractivity contribution < 1.29 is 14.7 Å². The summed E-state index contributed by atoms with van der Waals surface area (Å²) in [5, 5.41) is 12.2. The normalized spacial score (nSPS) is 10.2. The van der Waals surface area contributed by atoms with Gasteiger partial charge < -0.3 is 10.4 Å². The van der Waals surface area contributed by atoms with Crippen molar-refractivity contribution in [2.75, 3.05) is 5.32 Å². The van der Waals surface area contributed by atoms with Crippen molar-refractivity contribution in [1.82, 2.24) is 0 Å². The molecular formula is C14H8Cl2INO3. The number of halogens is 3. The van der Waals surface area contributed by atoms with Crippen molar-refractivity contribution in [1.29, 1.82) is 0 Å². The van der Waals surface area contributed by atoms with Gasteiger partial charge in [0.15, 0.2) is 0 Å². The van der Waals surface area contributed by atoms with Gasteiger partial charge in [0, 0.05) is 9.13 Å². The molecule has 0 saturated carbocycles. The van der Waals surface area contributed by atoms with Gasteiger partial charge in [0.2, 0.25) is 0 Å². The Morgan fingerprint density at radius 1 is 1.00 bits per heavy atom. The van der Waals surface area contributed by atoms with E-state index in [0.717, 1.165) is 3.57 Å². The second-order valence-electron chi connectivity index (χ2n) is 4.08. The lowest BCUT2D eigenvalue weighted by Crippen LogP contribution is -2.13. The predicted octanol–water partition coefficient (Wildman–Crippen LogP) is 4.55. The van der Waals surface area contributed by atoms with Crippen LogP contribution in [0.1, 0.15) is 20.7 Å². The van der Waals surface area contributed by atoms with Crippen molar-refractivity contribution >= 4 is 63.4 Å². The van der Waals surface area contributed by atoms with Gasteiger partial charge in [-0.2, -0.15) is 0 Å². The van der Waals surface area contributed by atoms with Crippen LogP contribution in [0.2, 0.25) is 10.0 Å². The van der Waals surface area contributed by atoms with Gasteiger partial charge in [-0.25, -0.2) is 4.79 Å². The molecule has 7 heteroatoms. The van der Waals surface area contributed by atoms with E-state index in [-0.39, 0.29) is 16.3 Å². The summed E-state index contributed by atoms with van der Waals surface area (Å²) >= 11 is 14.0. The molecule has 0 radical (unpaired) electrons. The number of nitrogens with one attached hydrogen (secondary N) is 1. The minimum absolute atomic E-state index is 0.0374. The number of rotatable bonds is 3. The molecule has 0 aliphatic rings. The fourth-order valence-corrected chi connectivity index (χ4v) is 2.27. The Labute approximate surface area is 144 Å². The molecule has 0 aliphatic carbocycles. The molecule has 0 saturated heterocycles. The Kier molecular flexibility index (Phi) is 5.08. The van der Waals surface area contributed by atoms with Gasteiger partial charge in [-0.15, -0.1) is 0 Å². The van der Waals surface area contributed by atoms with Crippen molar-refractivity contribution in [3.05, 3.63) is 61.1 Å². The summed E-state index contributed by atoms with van der Waals surface area (Å²) in [5.74, 6) is -1.52. The highest BCUT2D eigenvalue weighted by molar-refractivity contribution is 14.1. The zero-order chi connectivity index (χ0) is 15.6. The molecule has 0 aromatic heterocycles. The summed E-state index contributed by atoms with van der Waals surface area (Å²) in [6.45, 7) is 0. The molecule has 2 aromatic rings. The summed E-state index contributed by atoms with van der Waals surface area (Å²) in [6.07, 6.45) is 0. The number of carboxylic acids is 1. The van der Waals surface area contributed by atoms with E-state index >= 15 is 0 Å². The van der Waals surface area contributed by atoms with E-state index in [0.29, 0.717) is 10.6 Å². The molecule has 0 spiro atoms. The monoisotopic (exact) mass is 435 g/mol. The molecule has 0 heterocycles. The highest BCUT2D eigenvalue weighted by atomic mass is 127. The lowest BCUT2D eigenvalue weighted by Gasteiger charge is -2.09. The number of carboxylic acid groups (broad SMARTS) is 1. The molecule has 0 bridgehead atoms. The Morgan fingerprint density at radius 2 is 1.67 bits per heavy atom. The molecule has 0 unspecified atom stereocenters. The fraction of sp³-hybridized carbons (Fsp3) is 0. The van der Waals surface area contributed by atoms with E-state index in [4.69, 9.17) is 28.3 Å². The lowest BCUT2D eigenvalue weighted by atomic mass is 10.1. The minimum Gasteiger partial charge on any atom is -0.478 e. The minimum atomic E-state index is -1.10.